The van der Waals surface area contributed by atoms with Crippen molar-refractivity contribution < 1.29 is 9.53 Å². The van der Waals surface area contributed by atoms with E-state index in [1.54, 1.807) is 10.9 Å². The number of nitrogens with zero attached hydrogens (tertiary/aromatic N) is 4. The molecule has 1 aliphatic rings. The van der Waals surface area contributed by atoms with Crippen molar-refractivity contribution in [2.24, 2.45) is 0 Å². The van der Waals surface area contributed by atoms with Crippen molar-refractivity contribution in [1.29, 1.82) is 0 Å². The van der Waals surface area contributed by atoms with E-state index < -0.39 is 0 Å². The van der Waals surface area contributed by atoms with Crippen LogP contribution in [0, 0.1) is 0 Å². The average molecular weight is 328 g/mol. The van der Waals surface area contributed by atoms with Crippen molar-refractivity contribution in [1.82, 2.24) is 19.9 Å². The van der Waals surface area contributed by atoms with Gasteiger partial charge in [-0.2, -0.15) is 0 Å². The minimum absolute atomic E-state index is 0.114. The van der Waals surface area contributed by atoms with E-state index in [9.17, 15) is 4.79 Å². The normalized spacial score (nSPS) is 19.1. The lowest BCUT2D eigenvalue weighted by Crippen LogP contribution is -2.45. The lowest BCUT2D eigenvalue weighted by Gasteiger charge is -2.35. The van der Waals surface area contributed by atoms with Gasteiger partial charge in [-0.25, -0.2) is 4.68 Å². The van der Waals surface area contributed by atoms with E-state index in [2.05, 4.69) is 17.2 Å². The van der Waals surface area contributed by atoms with Crippen LogP contribution in [0.3, 0.4) is 0 Å². The van der Waals surface area contributed by atoms with Gasteiger partial charge in [0.2, 0.25) is 5.91 Å². The molecule has 2 aromatic rings. The number of carbonyl (C=O) groups is 1. The van der Waals surface area contributed by atoms with Gasteiger partial charge >= 0.3 is 0 Å². The zero-order valence-corrected chi connectivity index (χ0v) is 14.3. The van der Waals surface area contributed by atoms with E-state index in [0.717, 1.165) is 25.1 Å². The number of amides is 1. The minimum Gasteiger partial charge on any atom is -0.487 e. The fraction of sp³-hybridized carbons (Fsp3) is 0.500. The van der Waals surface area contributed by atoms with Crippen LogP contribution in [0.15, 0.2) is 36.5 Å². The molecule has 24 heavy (non-hydrogen) atoms. The molecule has 3 rings (SSSR count). The molecule has 6 heteroatoms. The second-order valence-corrected chi connectivity index (χ2v) is 6.34. The van der Waals surface area contributed by atoms with E-state index in [0.29, 0.717) is 18.3 Å². The molecule has 0 radical (unpaired) electrons. The lowest BCUT2D eigenvalue weighted by atomic mass is 10.0. The third-order valence-electron chi connectivity index (χ3n) is 4.53. The van der Waals surface area contributed by atoms with Crippen LogP contribution in [0.2, 0.25) is 0 Å². The van der Waals surface area contributed by atoms with Gasteiger partial charge < -0.3 is 9.64 Å². The summed E-state index contributed by atoms with van der Waals surface area (Å²) in [5.41, 5.74) is 0.713. The molecule has 0 spiro atoms. The number of carbonyl (C=O) groups excluding carboxylic acids is 1. The van der Waals surface area contributed by atoms with Crippen LogP contribution in [0.1, 0.15) is 44.8 Å². The Morgan fingerprint density at radius 2 is 2.12 bits per heavy atom. The lowest BCUT2D eigenvalue weighted by molar-refractivity contribution is -0.137. The summed E-state index contributed by atoms with van der Waals surface area (Å²) in [5.74, 6) is 0.904. The van der Waals surface area contributed by atoms with Gasteiger partial charge in [0.15, 0.2) is 0 Å². The molecule has 0 N–H and O–H groups in total. The van der Waals surface area contributed by atoms with Crippen molar-refractivity contribution in [3.63, 3.8) is 0 Å². The van der Waals surface area contributed by atoms with E-state index >= 15 is 0 Å². The molecule has 1 amide bonds. The molecule has 1 fully saturated rings. The molecule has 0 aliphatic carbocycles. The van der Waals surface area contributed by atoms with Gasteiger partial charge in [0.05, 0.1) is 6.20 Å². The largest absolute Gasteiger partial charge is 0.487 e. The maximum absolute atomic E-state index is 12.7. The molecule has 1 aromatic heterocycles. The smallest absolute Gasteiger partial charge is 0.247 e. The first kappa shape index (κ1) is 16.5. The van der Waals surface area contributed by atoms with Gasteiger partial charge in [0.1, 0.15) is 24.1 Å². The number of piperidine rings is 1. The maximum atomic E-state index is 12.7. The summed E-state index contributed by atoms with van der Waals surface area (Å²) < 4.78 is 7.30. The average Bonchev–Trinajstić information content (AvgIpc) is 3.09. The molecular formula is C18H24N4O2. The van der Waals surface area contributed by atoms with Crippen LogP contribution in [0.5, 0.6) is 5.75 Å². The fourth-order valence-electron chi connectivity index (χ4n) is 3.02. The third-order valence-corrected chi connectivity index (χ3v) is 4.53. The number of benzene rings is 1. The Kier molecular flexibility index (Phi) is 5.13. The van der Waals surface area contributed by atoms with Gasteiger partial charge in [-0.15, -0.1) is 5.10 Å². The van der Waals surface area contributed by atoms with E-state index in [-0.39, 0.29) is 11.9 Å². The molecule has 6 nitrogen and oxygen atoms in total. The minimum atomic E-state index is -0.344. The molecule has 1 aliphatic heterocycles. The number of ether oxygens (including phenoxy) is 1. The highest BCUT2D eigenvalue weighted by Crippen LogP contribution is 2.20. The molecule has 0 unspecified atom stereocenters. The van der Waals surface area contributed by atoms with Gasteiger partial charge in [-0.1, -0.05) is 23.4 Å². The Morgan fingerprint density at radius 1 is 1.33 bits per heavy atom. The number of aromatic nitrogens is 3. The summed E-state index contributed by atoms with van der Waals surface area (Å²) >= 11 is 0. The highest BCUT2D eigenvalue weighted by Gasteiger charge is 2.28. The zero-order chi connectivity index (χ0) is 16.9. The topological polar surface area (TPSA) is 60.2 Å². The second-order valence-electron chi connectivity index (χ2n) is 6.34. The molecular weight excluding hydrogens is 304 g/mol. The molecule has 0 saturated carbocycles. The number of para-hydroxylation sites is 1. The first-order valence-electron chi connectivity index (χ1n) is 8.54. The highest BCUT2D eigenvalue weighted by molar-refractivity contribution is 5.80. The SMILES string of the molecule is C[C@@H]1CCCCN1C(=O)[C@H](C)n1cc(COc2ccccc2)nn1. The van der Waals surface area contributed by atoms with E-state index in [1.807, 2.05) is 42.2 Å². The van der Waals surface area contributed by atoms with Crippen LogP contribution in [0.4, 0.5) is 0 Å². The van der Waals surface area contributed by atoms with Crippen LogP contribution in [-0.4, -0.2) is 38.4 Å². The molecule has 1 aromatic carbocycles. The molecule has 2 heterocycles. The van der Waals surface area contributed by atoms with Crippen molar-refractivity contribution >= 4 is 5.91 Å². The summed E-state index contributed by atoms with van der Waals surface area (Å²) in [6.07, 6.45) is 5.14. The third kappa shape index (κ3) is 3.75. The first-order valence-corrected chi connectivity index (χ1v) is 8.54. The molecule has 2 atom stereocenters. The predicted molar refractivity (Wildman–Crippen MR) is 90.5 cm³/mol. The number of rotatable bonds is 5. The van der Waals surface area contributed by atoms with Crippen LogP contribution in [-0.2, 0) is 11.4 Å². The van der Waals surface area contributed by atoms with Crippen LogP contribution < -0.4 is 4.74 Å². The maximum Gasteiger partial charge on any atom is 0.247 e. The summed E-state index contributed by atoms with van der Waals surface area (Å²) in [6.45, 7) is 5.17. The van der Waals surface area contributed by atoms with Gasteiger partial charge in [-0.05, 0) is 45.2 Å². The van der Waals surface area contributed by atoms with E-state index in [1.165, 1.54) is 6.42 Å². The molecule has 128 valence electrons. The number of hydrogen-bond donors (Lipinski definition) is 0. The summed E-state index contributed by atoms with van der Waals surface area (Å²) in [4.78, 5) is 14.7. The second kappa shape index (κ2) is 7.47. The zero-order valence-electron chi connectivity index (χ0n) is 14.3. The summed E-state index contributed by atoms with van der Waals surface area (Å²) in [6, 6.07) is 9.54. The number of hydrogen-bond acceptors (Lipinski definition) is 4. The number of likely N-dealkylation sites (tertiary alicyclic amines) is 1. The standard InChI is InChI=1S/C18H24N4O2/c1-14-8-6-7-11-21(14)18(23)15(2)22-12-16(19-20-22)13-24-17-9-4-3-5-10-17/h3-5,9-10,12,14-15H,6-8,11,13H2,1-2H3/t14-,15+/m1/s1. The highest BCUT2D eigenvalue weighted by atomic mass is 16.5. The van der Waals surface area contributed by atoms with Gasteiger partial charge in [0, 0.05) is 12.6 Å². The van der Waals surface area contributed by atoms with Crippen molar-refractivity contribution in [3.8, 4) is 5.75 Å². The fourth-order valence-corrected chi connectivity index (χ4v) is 3.02. The van der Waals surface area contributed by atoms with Crippen molar-refractivity contribution in [2.45, 2.75) is 51.8 Å². The monoisotopic (exact) mass is 328 g/mol. The van der Waals surface area contributed by atoms with E-state index in [4.69, 9.17) is 4.74 Å². The van der Waals surface area contributed by atoms with Crippen molar-refractivity contribution in [3.05, 3.63) is 42.2 Å². The Morgan fingerprint density at radius 3 is 2.88 bits per heavy atom. The Labute approximate surface area is 142 Å². The quantitative estimate of drug-likeness (QED) is 0.847. The van der Waals surface area contributed by atoms with Gasteiger partial charge in [-0.3, -0.25) is 4.79 Å². The summed E-state index contributed by atoms with van der Waals surface area (Å²) in [7, 11) is 0. The Balaban J connectivity index is 1.60. The Hall–Kier alpha value is -2.37. The first-order chi connectivity index (χ1) is 11.6. The summed E-state index contributed by atoms with van der Waals surface area (Å²) in [5, 5.41) is 8.22. The predicted octanol–water partition coefficient (Wildman–Crippen LogP) is 2.82. The van der Waals surface area contributed by atoms with Crippen LogP contribution in [0.25, 0.3) is 0 Å². The van der Waals surface area contributed by atoms with Gasteiger partial charge in [0.25, 0.3) is 0 Å². The van der Waals surface area contributed by atoms with Crippen molar-refractivity contribution in [2.75, 3.05) is 6.54 Å². The van der Waals surface area contributed by atoms with Crippen LogP contribution >= 0.6 is 0 Å². The Bertz CT molecular complexity index is 671. The molecule has 0 bridgehead atoms. The molecule has 1 saturated heterocycles.